The second-order valence-electron chi connectivity index (χ2n) is 4.70. The highest BCUT2D eigenvalue weighted by Gasteiger charge is 2.17. The molecule has 0 aliphatic heterocycles. The molecular weight excluding hydrogens is 202 g/mol. The van der Waals surface area contributed by atoms with Crippen molar-refractivity contribution in [3.8, 4) is 0 Å². The first-order valence-electron chi connectivity index (χ1n) is 5.34. The van der Waals surface area contributed by atoms with Crippen LogP contribution in [0.5, 0.6) is 0 Å². The van der Waals surface area contributed by atoms with E-state index in [1.807, 2.05) is 52.0 Å². The lowest BCUT2D eigenvalue weighted by molar-refractivity contribution is 0.0508. The molecule has 87 valence electrons. The van der Waals surface area contributed by atoms with Crippen LogP contribution in [0.2, 0.25) is 0 Å². The van der Waals surface area contributed by atoms with E-state index < -0.39 is 11.7 Å². The SMILES string of the molecule is C[C@H](NC(=O)OC(C)(C)C)c1c[c]ccc1. The molecule has 0 saturated carbocycles. The predicted molar refractivity (Wildman–Crippen MR) is 63.1 cm³/mol. The Balaban J connectivity index is 2.52. The second kappa shape index (κ2) is 5.01. The summed E-state index contributed by atoms with van der Waals surface area (Å²) in [6.07, 6.45) is -0.399. The van der Waals surface area contributed by atoms with Crippen molar-refractivity contribution in [1.29, 1.82) is 0 Å². The van der Waals surface area contributed by atoms with E-state index in [9.17, 15) is 4.79 Å². The van der Waals surface area contributed by atoms with Crippen LogP contribution in [0.3, 0.4) is 0 Å². The highest BCUT2D eigenvalue weighted by Crippen LogP contribution is 2.13. The van der Waals surface area contributed by atoms with Gasteiger partial charge in [-0.05, 0) is 45.4 Å². The first kappa shape index (κ1) is 12.6. The lowest BCUT2D eigenvalue weighted by atomic mass is 10.1. The zero-order valence-corrected chi connectivity index (χ0v) is 10.2. The Morgan fingerprint density at radius 1 is 1.50 bits per heavy atom. The van der Waals surface area contributed by atoms with Gasteiger partial charge in [-0.3, -0.25) is 0 Å². The number of carbonyl (C=O) groups excluding carboxylic acids is 1. The Kier molecular flexibility index (Phi) is 3.93. The van der Waals surface area contributed by atoms with Gasteiger partial charge in [0.25, 0.3) is 0 Å². The van der Waals surface area contributed by atoms with Crippen molar-refractivity contribution in [2.24, 2.45) is 0 Å². The van der Waals surface area contributed by atoms with Crippen LogP contribution in [-0.2, 0) is 4.74 Å². The Hall–Kier alpha value is -1.51. The third-order valence-corrected chi connectivity index (χ3v) is 1.96. The van der Waals surface area contributed by atoms with Gasteiger partial charge in [0.2, 0.25) is 0 Å². The topological polar surface area (TPSA) is 38.3 Å². The smallest absolute Gasteiger partial charge is 0.408 e. The first-order valence-corrected chi connectivity index (χ1v) is 5.34. The molecule has 1 radical (unpaired) electrons. The van der Waals surface area contributed by atoms with E-state index in [1.165, 1.54) is 0 Å². The Bertz CT molecular complexity index is 341. The zero-order valence-electron chi connectivity index (χ0n) is 10.2. The van der Waals surface area contributed by atoms with E-state index in [0.717, 1.165) is 5.56 Å². The Labute approximate surface area is 96.8 Å². The molecule has 0 aliphatic rings. The van der Waals surface area contributed by atoms with Crippen LogP contribution in [0, 0.1) is 6.07 Å². The largest absolute Gasteiger partial charge is 0.444 e. The van der Waals surface area contributed by atoms with Gasteiger partial charge in [0.05, 0.1) is 6.04 Å². The maximum Gasteiger partial charge on any atom is 0.408 e. The monoisotopic (exact) mass is 220 g/mol. The minimum atomic E-state index is -0.466. The van der Waals surface area contributed by atoms with Gasteiger partial charge in [-0.1, -0.05) is 18.2 Å². The molecule has 3 heteroatoms. The highest BCUT2D eigenvalue weighted by atomic mass is 16.6. The molecule has 3 nitrogen and oxygen atoms in total. The summed E-state index contributed by atoms with van der Waals surface area (Å²) in [7, 11) is 0. The first-order chi connectivity index (χ1) is 7.38. The van der Waals surface area contributed by atoms with E-state index in [0.29, 0.717) is 0 Å². The quantitative estimate of drug-likeness (QED) is 0.831. The molecule has 1 atom stereocenters. The van der Waals surface area contributed by atoms with Crippen molar-refractivity contribution >= 4 is 6.09 Å². The molecular formula is C13H18NO2. The van der Waals surface area contributed by atoms with Crippen LogP contribution in [0.15, 0.2) is 24.3 Å². The van der Waals surface area contributed by atoms with Gasteiger partial charge in [-0.25, -0.2) is 4.79 Å². The number of benzene rings is 1. The number of hydrogen-bond acceptors (Lipinski definition) is 2. The Morgan fingerprint density at radius 3 is 2.69 bits per heavy atom. The average Bonchev–Trinajstić information content (AvgIpc) is 2.16. The molecule has 1 amide bonds. The molecule has 0 heterocycles. The summed E-state index contributed by atoms with van der Waals surface area (Å²) in [5.41, 5.74) is 0.542. The molecule has 16 heavy (non-hydrogen) atoms. The lowest BCUT2D eigenvalue weighted by Crippen LogP contribution is -2.33. The summed E-state index contributed by atoms with van der Waals surface area (Å²) in [5, 5.41) is 2.77. The molecule has 0 saturated heterocycles. The van der Waals surface area contributed by atoms with E-state index in [1.54, 1.807) is 0 Å². The number of ether oxygens (including phenoxy) is 1. The molecule has 0 aromatic heterocycles. The van der Waals surface area contributed by atoms with Crippen LogP contribution < -0.4 is 5.32 Å². The zero-order chi connectivity index (χ0) is 12.2. The van der Waals surface area contributed by atoms with Gasteiger partial charge in [0, 0.05) is 0 Å². The number of alkyl carbamates (subject to hydrolysis) is 1. The molecule has 1 aromatic carbocycles. The molecule has 0 spiro atoms. The second-order valence-corrected chi connectivity index (χ2v) is 4.70. The van der Waals surface area contributed by atoms with Crippen LogP contribution >= 0.6 is 0 Å². The minimum absolute atomic E-state index is 0.0766. The molecule has 1 rings (SSSR count). The summed E-state index contributed by atoms with van der Waals surface area (Å²) in [4.78, 5) is 11.5. The van der Waals surface area contributed by atoms with Gasteiger partial charge in [-0.2, -0.15) is 0 Å². The van der Waals surface area contributed by atoms with Crippen LogP contribution in [-0.4, -0.2) is 11.7 Å². The van der Waals surface area contributed by atoms with E-state index >= 15 is 0 Å². The van der Waals surface area contributed by atoms with Crippen molar-refractivity contribution in [1.82, 2.24) is 5.32 Å². The Morgan fingerprint density at radius 2 is 2.19 bits per heavy atom. The third-order valence-electron chi connectivity index (χ3n) is 1.96. The van der Waals surface area contributed by atoms with Crippen molar-refractivity contribution < 1.29 is 9.53 Å². The summed E-state index contributed by atoms with van der Waals surface area (Å²) in [6, 6.07) is 10.4. The highest BCUT2D eigenvalue weighted by molar-refractivity contribution is 5.68. The minimum Gasteiger partial charge on any atom is -0.444 e. The van der Waals surface area contributed by atoms with Crippen LogP contribution in [0.1, 0.15) is 39.3 Å². The van der Waals surface area contributed by atoms with Crippen LogP contribution in [0.25, 0.3) is 0 Å². The van der Waals surface area contributed by atoms with Crippen LogP contribution in [0.4, 0.5) is 4.79 Å². The normalized spacial score (nSPS) is 13.0. The van der Waals surface area contributed by atoms with Crippen molar-refractivity contribution in [3.05, 3.63) is 35.9 Å². The molecule has 0 bridgehead atoms. The summed E-state index contributed by atoms with van der Waals surface area (Å²) in [6.45, 7) is 7.43. The number of hydrogen-bond donors (Lipinski definition) is 1. The summed E-state index contributed by atoms with van der Waals surface area (Å²) >= 11 is 0. The average molecular weight is 220 g/mol. The van der Waals surface area contributed by atoms with Gasteiger partial charge in [0.15, 0.2) is 0 Å². The van der Waals surface area contributed by atoms with E-state index in [-0.39, 0.29) is 6.04 Å². The van der Waals surface area contributed by atoms with Gasteiger partial charge in [-0.15, -0.1) is 0 Å². The number of nitrogens with one attached hydrogen (secondary N) is 1. The van der Waals surface area contributed by atoms with Gasteiger partial charge >= 0.3 is 6.09 Å². The van der Waals surface area contributed by atoms with Crippen molar-refractivity contribution in [2.45, 2.75) is 39.3 Å². The van der Waals surface area contributed by atoms with Crippen molar-refractivity contribution in [2.75, 3.05) is 0 Å². The molecule has 0 aliphatic carbocycles. The van der Waals surface area contributed by atoms with E-state index in [4.69, 9.17) is 4.74 Å². The van der Waals surface area contributed by atoms with Gasteiger partial charge < -0.3 is 10.1 Å². The van der Waals surface area contributed by atoms with Crippen molar-refractivity contribution in [3.63, 3.8) is 0 Å². The van der Waals surface area contributed by atoms with E-state index in [2.05, 4.69) is 11.4 Å². The fourth-order valence-corrected chi connectivity index (χ4v) is 1.24. The summed E-state index contributed by atoms with van der Waals surface area (Å²) < 4.78 is 5.17. The molecule has 0 unspecified atom stereocenters. The third kappa shape index (κ3) is 4.34. The molecule has 1 aromatic rings. The molecule has 1 N–H and O–H groups in total. The maximum absolute atomic E-state index is 11.5. The number of carbonyl (C=O) groups is 1. The summed E-state index contributed by atoms with van der Waals surface area (Å²) in [5.74, 6) is 0. The fraction of sp³-hybridized carbons (Fsp3) is 0.462. The predicted octanol–water partition coefficient (Wildman–Crippen LogP) is 3.07. The maximum atomic E-state index is 11.5. The van der Waals surface area contributed by atoms with Gasteiger partial charge in [0.1, 0.15) is 5.60 Å². The number of amides is 1. The number of rotatable bonds is 2. The molecule has 0 fully saturated rings. The standard InChI is InChI=1S/C13H18NO2/c1-10(11-8-6-5-7-9-11)14-12(15)16-13(2,3)4/h5-6,8-10H,1-4H3,(H,14,15)/t10-/m0/s1. The fourth-order valence-electron chi connectivity index (χ4n) is 1.24. The lowest BCUT2D eigenvalue weighted by Gasteiger charge is -2.22.